The molecule has 0 fully saturated rings. The van der Waals surface area contributed by atoms with Crippen LogP contribution in [0.1, 0.15) is 53.4 Å². The molecule has 0 saturated carbocycles. The summed E-state index contributed by atoms with van der Waals surface area (Å²) in [5.74, 6) is -2.10. The Hall–Kier alpha value is -1.67. The fourth-order valence-electron chi connectivity index (χ4n) is 2.39. The molecule has 8 nitrogen and oxygen atoms in total. The first kappa shape index (κ1) is 23.3. The van der Waals surface area contributed by atoms with Crippen LogP contribution in [0.15, 0.2) is 0 Å². The molecule has 2 amide bonds. The van der Waals surface area contributed by atoms with Crippen molar-refractivity contribution in [2.24, 2.45) is 23.3 Å². The Bertz CT molecular complexity index is 440. The Kier molecular flexibility index (Phi) is 11.0. The van der Waals surface area contributed by atoms with Gasteiger partial charge >= 0.3 is 5.97 Å². The number of nitrogens with two attached hydrogens (primary N) is 2. The van der Waals surface area contributed by atoms with Crippen LogP contribution < -0.4 is 22.1 Å². The minimum absolute atomic E-state index is 0.115. The molecule has 0 aromatic rings. The molecule has 0 radical (unpaired) electrons. The van der Waals surface area contributed by atoms with Gasteiger partial charge in [-0.2, -0.15) is 0 Å². The number of carbonyl (C=O) groups excluding carboxylic acids is 2. The van der Waals surface area contributed by atoms with Crippen LogP contribution in [0.25, 0.3) is 0 Å². The van der Waals surface area contributed by atoms with E-state index in [2.05, 4.69) is 10.6 Å². The largest absolute Gasteiger partial charge is 0.480 e. The van der Waals surface area contributed by atoms with Crippen molar-refractivity contribution in [2.45, 2.75) is 71.5 Å². The van der Waals surface area contributed by atoms with Crippen LogP contribution in [-0.2, 0) is 14.4 Å². The Morgan fingerprint density at radius 1 is 1.00 bits per heavy atom. The zero-order valence-corrected chi connectivity index (χ0v) is 15.7. The average molecular weight is 358 g/mol. The van der Waals surface area contributed by atoms with E-state index in [4.69, 9.17) is 11.5 Å². The van der Waals surface area contributed by atoms with Gasteiger partial charge in [0.1, 0.15) is 12.1 Å². The molecule has 0 aliphatic carbocycles. The third-order valence-electron chi connectivity index (χ3n) is 3.87. The molecule has 0 heterocycles. The number of aliphatic carboxylic acids is 1. The van der Waals surface area contributed by atoms with Crippen LogP contribution in [0, 0.1) is 11.8 Å². The van der Waals surface area contributed by atoms with E-state index in [9.17, 15) is 19.5 Å². The van der Waals surface area contributed by atoms with Gasteiger partial charge in [-0.15, -0.1) is 0 Å². The summed E-state index contributed by atoms with van der Waals surface area (Å²) < 4.78 is 0. The Morgan fingerprint density at radius 3 is 2.04 bits per heavy atom. The first-order chi connectivity index (χ1) is 11.6. The smallest absolute Gasteiger partial charge is 0.326 e. The first-order valence-corrected chi connectivity index (χ1v) is 8.89. The minimum atomic E-state index is -1.09. The van der Waals surface area contributed by atoms with Crippen molar-refractivity contribution in [3.8, 4) is 0 Å². The quantitative estimate of drug-likeness (QED) is 0.315. The van der Waals surface area contributed by atoms with Crippen LogP contribution in [0.3, 0.4) is 0 Å². The summed E-state index contributed by atoms with van der Waals surface area (Å²) in [7, 11) is 0. The van der Waals surface area contributed by atoms with Gasteiger partial charge in [-0.3, -0.25) is 9.59 Å². The van der Waals surface area contributed by atoms with Gasteiger partial charge in [0.25, 0.3) is 0 Å². The second kappa shape index (κ2) is 11.8. The lowest BCUT2D eigenvalue weighted by atomic mass is 9.99. The van der Waals surface area contributed by atoms with Gasteiger partial charge in [-0.1, -0.05) is 34.1 Å². The van der Waals surface area contributed by atoms with Crippen molar-refractivity contribution < 1.29 is 19.5 Å². The van der Waals surface area contributed by atoms with E-state index in [0.717, 1.165) is 12.8 Å². The highest BCUT2D eigenvalue weighted by atomic mass is 16.4. The molecule has 0 saturated heterocycles. The van der Waals surface area contributed by atoms with Gasteiger partial charge in [0.2, 0.25) is 11.8 Å². The van der Waals surface area contributed by atoms with E-state index < -0.39 is 35.9 Å². The molecule has 0 spiro atoms. The predicted molar refractivity (Wildman–Crippen MR) is 96.7 cm³/mol. The molecule has 0 aliphatic rings. The number of rotatable bonds is 12. The molecule has 0 rings (SSSR count). The van der Waals surface area contributed by atoms with E-state index in [0.29, 0.717) is 19.4 Å². The number of hydrogen-bond donors (Lipinski definition) is 5. The van der Waals surface area contributed by atoms with E-state index in [1.165, 1.54) is 0 Å². The molecule has 0 aliphatic heterocycles. The summed E-state index contributed by atoms with van der Waals surface area (Å²) in [6.07, 6.45) is 2.32. The van der Waals surface area contributed by atoms with Crippen molar-refractivity contribution in [2.75, 3.05) is 6.54 Å². The normalized spacial score (nSPS) is 14.9. The summed E-state index contributed by atoms with van der Waals surface area (Å²) in [6.45, 7) is 7.86. The topological polar surface area (TPSA) is 148 Å². The highest BCUT2D eigenvalue weighted by Gasteiger charge is 2.30. The number of carbonyl (C=O) groups is 3. The lowest BCUT2D eigenvalue weighted by molar-refractivity contribution is -0.143. The maximum absolute atomic E-state index is 12.5. The minimum Gasteiger partial charge on any atom is -0.480 e. The maximum Gasteiger partial charge on any atom is 0.326 e. The van der Waals surface area contributed by atoms with Crippen molar-refractivity contribution in [3.63, 3.8) is 0 Å². The Morgan fingerprint density at radius 2 is 1.60 bits per heavy atom. The van der Waals surface area contributed by atoms with E-state index in [1.54, 1.807) is 13.8 Å². The Balaban J connectivity index is 4.83. The number of unbranched alkanes of at least 4 members (excludes halogenated alkanes) is 1. The molecule has 0 aromatic carbocycles. The van der Waals surface area contributed by atoms with Gasteiger partial charge < -0.3 is 27.2 Å². The summed E-state index contributed by atoms with van der Waals surface area (Å²) in [5.41, 5.74) is 11.3. The summed E-state index contributed by atoms with van der Waals surface area (Å²) in [5, 5.41) is 14.4. The fraction of sp³-hybridized carbons (Fsp3) is 0.824. The van der Waals surface area contributed by atoms with Crippen molar-refractivity contribution in [1.29, 1.82) is 0 Å². The zero-order valence-electron chi connectivity index (χ0n) is 15.7. The van der Waals surface area contributed by atoms with Gasteiger partial charge in [-0.25, -0.2) is 4.79 Å². The van der Waals surface area contributed by atoms with Crippen molar-refractivity contribution in [1.82, 2.24) is 10.6 Å². The molecule has 3 unspecified atom stereocenters. The summed E-state index contributed by atoms with van der Waals surface area (Å²) in [4.78, 5) is 36.0. The third kappa shape index (κ3) is 9.40. The van der Waals surface area contributed by atoms with Crippen LogP contribution >= 0.6 is 0 Å². The van der Waals surface area contributed by atoms with Crippen LogP contribution in [0.4, 0.5) is 0 Å². The molecular formula is C17H34N4O4. The molecule has 8 heteroatoms. The number of carboxylic acids is 1. The molecule has 0 bridgehead atoms. The molecular weight excluding hydrogens is 324 g/mol. The second-order valence-electron chi connectivity index (χ2n) is 7.15. The highest BCUT2D eigenvalue weighted by Crippen LogP contribution is 2.08. The number of nitrogens with one attached hydrogen (secondary N) is 2. The van der Waals surface area contributed by atoms with E-state index in [-0.39, 0.29) is 11.8 Å². The van der Waals surface area contributed by atoms with Crippen molar-refractivity contribution in [3.05, 3.63) is 0 Å². The predicted octanol–water partition coefficient (Wildman–Crippen LogP) is 0.199. The molecule has 25 heavy (non-hydrogen) atoms. The van der Waals surface area contributed by atoms with Gasteiger partial charge in [0.05, 0.1) is 6.04 Å². The zero-order chi connectivity index (χ0) is 19.6. The standard InChI is InChI=1S/C17H34N4O4/c1-10(2)9-13(17(24)25)20-16(23)14(11(3)4)21-15(22)12(19)7-5-6-8-18/h10-14H,5-9,18-19H2,1-4H3,(H,20,23)(H,21,22)(H,24,25). The molecule has 7 N–H and O–H groups in total. The fourth-order valence-corrected chi connectivity index (χ4v) is 2.39. The van der Waals surface area contributed by atoms with E-state index in [1.807, 2.05) is 13.8 Å². The third-order valence-corrected chi connectivity index (χ3v) is 3.87. The lowest BCUT2D eigenvalue weighted by Crippen LogP contribution is -2.56. The second-order valence-corrected chi connectivity index (χ2v) is 7.15. The van der Waals surface area contributed by atoms with Crippen LogP contribution in [-0.4, -0.2) is 47.6 Å². The van der Waals surface area contributed by atoms with Gasteiger partial charge in [0, 0.05) is 0 Å². The number of hydrogen-bond acceptors (Lipinski definition) is 5. The summed E-state index contributed by atoms with van der Waals surface area (Å²) >= 11 is 0. The lowest BCUT2D eigenvalue weighted by Gasteiger charge is -2.25. The monoisotopic (exact) mass is 358 g/mol. The molecule has 3 atom stereocenters. The highest BCUT2D eigenvalue weighted by molar-refractivity contribution is 5.91. The molecule has 0 aromatic heterocycles. The number of carboxylic acid groups (broad SMARTS) is 1. The number of amides is 2. The van der Waals surface area contributed by atoms with Crippen LogP contribution in [0.2, 0.25) is 0 Å². The van der Waals surface area contributed by atoms with E-state index >= 15 is 0 Å². The van der Waals surface area contributed by atoms with Crippen molar-refractivity contribution >= 4 is 17.8 Å². The first-order valence-electron chi connectivity index (χ1n) is 8.89. The van der Waals surface area contributed by atoms with Crippen LogP contribution in [0.5, 0.6) is 0 Å². The molecule has 146 valence electrons. The van der Waals surface area contributed by atoms with Gasteiger partial charge in [-0.05, 0) is 37.6 Å². The summed E-state index contributed by atoms with van der Waals surface area (Å²) in [6, 6.07) is -2.53. The Labute approximate surface area is 150 Å². The van der Waals surface area contributed by atoms with Gasteiger partial charge in [0.15, 0.2) is 0 Å². The average Bonchev–Trinajstić information content (AvgIpc) is 2.50. The SMILES string of the molecule is CC(C)CC(NC(=O)C(NC(=O)C(N)CCCCN)C(C)C)C(=O)O. The maximum atomic E-state index is 12.5.